The number of aromatic hydroxyl groups is 1. The zero-order chi connectivity index (χ0) is 15.8. The van der Waals surface area contributed by atoms with Crippen molar-refractivity contribution in [3.8, 4) is 5.75 Å². The highest BCUT2D eigenvalue weighted by atomic mass is 32.1. The first kappa shape index (κ1) is 16.5. The van der Waals surface area contributed by atoms with E-state index in [1.807, 2.05) is 24.6 Å². The molecular formula is C19H23NOS. The van der Waals surface area contributed by atoms with Crippen LogP contribution in [0.25, 0.3) is 10.1 Å². The van der Waals surface area contributed by atoms with Gasteiger partial charge in [-0.05, 0) is 67.4 Å². The van der Waals surface area contributed by atoms with E-state index in [4.69, 9.17) is 0 Å². The average Bonchev–Trinajstić information content (AvgIpc) is 3.04. The molecule has 0 aliphatic heterocycles. The van der Waals surface area contributed by atoms with E-state index in [1.165, 1.54) is 24.0 Å². The van der Waals surface area contributed by atoms with Gasteiger partial charge in [0.2, 0.25) is 0 Å². The quantitative estimate of drug-likeness (QED) is 0.681. The first-order valence-corrected chi connectivity index (χ1v) is 8.44. The highest BCUT2D eigenvalue weighted by molar-refractivity contribution is 7.17. The number of benzene rings is 2. The van der Waals surface area contributed by atoms with Crippen LogP contribution < -0.4 is 5.32 Å². The second kappa shape index (κ2) is 8.57. The number of rotatable bonds is 4. The van der Waals surface area contributed by atoms with Crippen molar-refractivity contribution in [2.45, 2.75) is 19.8 Å². The van der Waals surface area contributed by atoms with Crippen LogP contribution >= 0.6 is 11.3 Å². The normalized spacial score (nSPS) is 10.3. The minimum atomic E-state index is 0.389. The van der Waals surface area contributed by atoms with E-state index < -0.39 is 0 Å². The summed E-state index contributed by atoms with van der Waals surface area (Å²) in [5.74, 6) is 0.389. The van der Waals surface area contributed by atoms with Gasteiger partial charge in [-0.2, -0.15) is 0 Å². The van der Waals surface area contributed by atoms with Crippen LogP contribution in [0.2, 0.25) is 0 Å². The maximum Gasteiger partial charge on any atom is 0.133 e. The Kier molecular flexibility index (Phi) is 6.44. The van der Waals surface area contributed by atoms with Gasteiger partial charge in [0, 0.05) is 0 Å². The molecule has 22 heavy (non-hydrogen) atoms. The van der Waals surface area contributed by atoms with Crippen molar-refractivity contribution in [2.24, 2.45) is 0 Å². The largest absolute Gasteiger partial charge is 0.506 e. The third-order valence-electron chi connectivity index (χ3n) is 3.55. The van der Waals surface area contributed by atoms with Crippen molar-refractivity contribution in [1.82, 2.24) is 5.32 Å². The van der Waals surface area contributed by atoms with E-state index in [0.29, 0.717) is 5.75 Å². The Morgan fingerprint density at radius 1 is 1.05 bits per heavy atom. The molecule has 0 saturated heterocycles. The molecule has 2 N–H and O–H groups in total. The van der Waals surface area contributed by atoms with Gasteiger partial charge >= 0.3 is 0 Å². The first-order valence-electron chi connectivity index (χ1n) is 7.56. The highest BCUT2D eigenvalue weighted by Gasteiger charge is 2.01. The Balaban J connectivity index is 0.000000160. The average molecular weight is 313 g/mol. The molecule has 0 aliphatic carbocycles. The maximum absolute atomic E-state index is 9.39. The fourth-order valence-electron chi connectivity index (χ4n) is 2.30. The number of hydrogen-bond donors (Lipinski definition) is 2. The fourth-order valence-corrected chi connectivity index (χ4v) is 3.19. The molecule has 0 fully saturated rings. The van der Waals surface area contributed by atoms with E-state index in [-0.39, 0.29) is 0 Å². The number of nitrogens with one attached hydrogen (secondary N) is 1. The molecular weight excluding hydrogens is 290 g/mol. The fraction of sp³-hybridized carbons (Fsp3) is 0.263. The van der Waals surface area contributed by atoms with E-state index >= 15 is 0 Å². The molecule has 1 aromatic heterocycles. The number of phenolic OH excluding ortho intramolecular Hbond substituents is 1. The summed E-state index contributed by atoms with van der Waals surface area (Å²) in [6.45, 7) is 3.16. The molecule has 3 aromatic rings. The van der Waals surface area contributed by atoms with Crippen LogP contribution in [0.4, 0.5) is 0 Å². The Hall–Kier alpha value is -1.84. The molecule has 0 saturated carbocycles. The van der Waals surface area contributed by atoms with Crippen molar-refractivity contribution >= 4 is 21.4 Å². The number of thiophene rings is 1. The molecule has 2 nitrogen and oxygen atoms in total. The minimum absolute atomic E-state index is 0.389. The van der Waals surface area contributed by atoms with Crippen LogP contribution in [0.3, 0.4) is 0 Å². The molecule has 3 rings (SSSR count). The smallest absolute Gasteiger partial charge is 0.133 e. The lowest BCUT2D eigenvalue weighted by Gasteiger charge is -1.99. The Bertz CT molecular complexity index is 655. The Labute approximate surface area is 136 Å². The van der Waals surface area contributed by atoms with Crippen LogP contribution in [-0.2, 0) is 6.42 Å². The predicted octanol–water partition coefficient (Wildman–Crippen LogP) is 4.75. The molecule has 2 aromatic carbocycles. The van der Waals surface area contributed by atoms with Gasteiger partial charge in [-0.25, -0.2) is 0 Å². The summed E-state index contributed by atoms with van der Waals surface area (Å²) < 4.78 is 0.991. The molecule has 0 unspecified atom stereocenters. The van der Waals surface area contributed by atoms with Crippen LogP contribution in [0, 0.1) is 6.92 Å². The predicted molar refractivity (Wildman–Crippen MR) is 96.9 cm³/mol. The van der Waals surface area contributed by atoms with Crippen molar-refractivity contribution in [3.05, 3.63) is 65.0 Å². The molecule has 0 aliphatic rings. The van der Waals surface area contributed by atoms with Gasteiger partial charge in [-0.15, -0.1) is 11.3 Å². The summed E-state index contributed by atoms with van der Waals surface area (Å²) in [6.07, 6.45) is 2.40. The molecule has 0 amide bonds. The zero-order valence-corrected chi connectivity index (χ0v) is 14.0. The summed E-state index contributed by atoms with van der Waals surface area (Å²) in [5, 5.41) is 15.7. The van der Waals surface area contributed by atoms with Crippen molar-refractivity contribution < 1.29 is 5.11 Å². The van der Waals surface area contributed by atoms with Crippen molar-refractivity contribution in [3.63, 3.8) is 0 Å². The number of phenols is 1. The molecule has 0 atom stereocenters. The van der Waals surface area contributed by atoms with Gasteiger partial charge in [-0.1, -0.05) is 36.4 Å². The standard InChI is InChI=1S/C10H15N.C9H8OS/c1-11-9-5-8-10-6-3-2-4-7-10;1-6-2-3-8(10)9-7(6)4-5-11-9/h2-4,6-7,11H,5,8-9H2,1H3;2-5,10H,1H3. The SMILES string of the molecule is CNCCCc1ccccc1.Cc1ccc(O)c2sccc12. The van der Waals surface area contributed by atoms with Gasteiger partial charge in [-0.3, -0.25) is 0 Å². The van der Waals surface area contributed by atoms with Crippen LogP contribution in [0.15, 0.2) is 53.9 Å². The minimum Gasteiger partial charge on any atom is -0.506 e. The lowest BCUT2D eigenvalue weighted by molar-refractivity contribution is 0.482. The summed E-state index contributed by atoms with van der Waals surface area (Å²) in [6, 6.07) is 16.3. The van der Waals surface area contributed by atoms with Crippen molar-refractivity contribution in [2.75, 3.05) is 13.6 Å². The second-order valence-electron chi connectivity index (χ2n) is 5.26. The lowest BCUT2D eigenvalue weighted by atomic mass is 10.1. The molecule has 0 spiro atoms. The summed E-state index contributed by atoms with van der Waals surface area (Å²) in [7, 11) is 1.99. The molecule has 0 bridgehead atoms. The topological polar surface area (TPSA) is 32.3 Å². The van der Waals surface area contributed by atoms with E-state index in [1.54, 1.807) is 17.4 Å². The maximum atomic E-state index is 9.39. The van der Waals surface area contributed by atoms with Crippen LogP contribution in [-0.4, -0.2) is 18.7 Å². The first-order chi connectivity index (χ1) is 10.7. The number of fused-ring (bicyclic) bond motifs is 1. The van der Waals surface area contributed by atoms with Gasteiger partial charge in [0.05, 0.1) is 4.70 Å². The third kappa shape index (κ3) is 4.58. The lowest BCUT2D eigenvalue weighted by Crippen LogP contribution is -2.08. The van der Waals surface area contributed by atoms with E-state index in [2.05, 4.69) is 42.6 Å². The molecule has 0 radical (unpaired) electrons. The molecule has 3 heteroatoms. The zero-order valence-electron chi connectivity index (χ0n) is 13.2. The van der Waals surface area contributed by atoms with Gasteiger partial charge < -0.3 is 10.4 Å². The summed E-state index contributed by atoms with van der Waals surface area (Å²) >= 11 is 1.58. The van der Waals surface area contributed by atoms with E-state index in [9.17, 15) is 5.11 Å². The van der Waals surface area contributed by atoms with E-state index in [0.717, 1.165) is 16.6 Å². The number of aryl methyl sites for hydroxylation is 2. The van der Waals surface area contributed by atoms with Crippen LogP contribution in [0.1, 0.15) is 17.5 Å². The van der Waals surface area contributed by atoms with Gasteiger partial charge in [0.15, 0.2) is 0 Å². The Morgan fingerprint density at radius 2 is 1.82 bits per heavy atom. The number of hydrogen-bond acceptors (Lipinski definition) is 3. The Morgan fingerprint density at radius 3 is 2.50 bits per heavy atom. The van der Waals surface area contributed by atoms with Gasteiger partial charge in [0.1, 0.15) is 5.75 Å². The third-order valence-corrected chi connectivity index (χ3v) is 4.49. The second-order valence-corrected chi connectivity index (χ2v) is 6.17. The highest BCUT2D eigenvalue weighted by Crippen LogP contribution is 2.31. The van der Waals surface area contributed by atoms with Crippen molar-refractivity contribution in [1.29, 1.82) is 0 Å². The molecule has 116 valence electrons. The summed E-state index contributed by atoms with van der Waals surface area (Å²) in [5.41, 5.74) is 2.65. The van der Waals surface area contributed by atoms with Crippen LogP contribution in [0.5, 0.6) is 5.75 Å². The molecule has 1 heterocycles. The van der Waals surface area contributed by atoms with Gasteiger partial charge in [0.25, 0.3) is 0 Å². The summed E-state index contributed by atoms with van der Waals surface area (Å²) in [4.78, 5) is 0. The monoisotopic (exact) mass is 313 g/mol.